The third kappa shape index (κ3) is 5.46. The summed E-state index contributed by atoms with van der Waals surface area (Å²) in [5.41, 5.74) is 0.715. The summed E-state index contributed by atoms with van der Waals surface area (Å²) in [5, 5.41) is 0. The molecule has 0 radical (unpaired) electrons. The Morgan fingerprint density at radius 2 is 1.86 bits per heavy atom. The molecule has 78 valence electrons. The number of hydrogen-bond acceptors (Lipinski definition) is 2. The number of hydrogen-bond donors (Lipinski definition) is 0. The third-order valence-electron chi connectivity index (χ3n) is 2.00. The predicted octanol–water partition coefficient (Wildman–Crippen LogP) is 2.84. The van der Waals surface area contributed by atoms with Gasteiger partial charge in [-0.3, -0.25) is 9.59 Å². The molecule has 0 bridgehead atoms. The van der Waals surface area contributed by atoms with Crippen molar-refractivity contribution >= 4 is 11.6 Å². The van der Waals surface area contributed by atoms with Crippen LogP contribution < -0.4 is 0 Å². The second-order valence-corrected chi connectivity index (χ2v) is 3.19. The van der Waals surface area contributed by atoms with E-state index in [9.17, 15) is 9.59 Å². The van der Waals surface area contributed by atoms with Gasteiger partial charge < -0.3 is 0 Å². The van der Waals surface area contributed by atoms with Crippen LogP contribution in [0.3, 0.4) is 0 Å². The lowest BCUT2D eigenvalue weighted by atomic mass is 10.1. The maximum Gasteiger partial charge on any atom is 0.159 e. The first-order valence-corrected chi connectivity index (χ1v) is 4.96. The predicted molar refractivity (Wildman–Crippen MR) is 58.1 cm³/mol. The maximum absolute atomic E-state index is 11.4. The van der Waals surface area contributed by atoms with Gasteiger partial charge in [-0.2, -0.15) is 0 Å². The fraction of sp³-hybridized carbons (Fsp3) is 0.500. The highest BCUT2D eigenvalue weighted by Crippen LogP contribution is 2.04. The summed E-state index contributed by atoms with van der Waals surface area (Å²) in [4.78, 5) is 22.4. The molecule has 0 heterocycles. The SMILES string of the molecule is CC=CC=C(C)C(=O)CCC(=O)CC. The quantitative estimate of drug-likeness (QED) is 0.481. The number of carbonyl (C=O) groups excluding carboxylic acids is 2. The van der Waals surface area contributed by atoms with Crippen LogP contribution in [0, 0.1) is 0 Å². The number of rotatable bonds is 6. The Kier molecular flexibility index (Phi) is 6.63. The fourth-order valence-corrected chi connectivity index (χ4v) is 0.960. The Hall–Kier alpha value is -1.18. The molecule has 0 aliphatic heterocycles. The zero-order chi connectivity index (χ0) is 11.0. The molecule has 0 atom stereocenters. The summed E-state index contributed by atoms with van der Waals surface area (Å²) in [7, 11) is 0. The van der Waals surface area contributed by atoms with Crippen molar-refractivity contribution in [1.29, 1.82) is 0 Å². The molecule has 0 saturated heterocycles. The Morgan fingerprint density at radius 3 is 2.36 bits per heavy atom. The molecule has 0 fully saturated rings. The molecular formula is C12H18O2. The van der Waals surface area contributed by atoms with Crippen molar-refractivity contribution in [2.24, 2.45) is 0 Å². The van der Waals surface area contributed by atoms with Gasteiger partial charge >= 0.3 is 0 Å². The van der Waals surface area contributed by atoms with Gasteiger partial charge in [-0.25, -0.2) is 0 Å². The van der Waals surface area contributed by atoms with Gasteiger partial charge in [0.05, 0.1) is 0 Å². The van der Waals surface area contributed by atoms with Gasteiger partial charge in [-0.1, -0.05) is 25.2 Å². The Labute approximate surface area is 85.7 Å². The van der Waals surface area contributed by atoms with Gasteiger partial charge in [0.1, 0.15) is 5.78 Å². The van der Waals surface area contributed by atoms with Gasteiger partial charge in [-0.15, -0.1) is 0 Å². The van der Waals surface area contributed by atoms with E-state index in [-0.39, 0.29) is 11.6 Å². The van der Waals surface area contributed by atoms with E-state index in [1.54, 1.807) is 13.0 Å². The average molecular weight is 194 g/mol. The van der Waals surface area contributed by atoms with Gasteiger partial charge in [-0.05, 0) is 19.4 Å². The second-order valence-electron chi connectivity index (χ2n) is 3.19. The minimum absolute atomic E-state index is 0.0601. The molecule has 0 rings (SSSR count). The molecule has 2 heteroatoms. The van der Waals surface area contributed by atoms with E-state index < -0.39 is 0 Å². The molecule has 0 aromatic rings. The summed E-state index contributed by atoms with van der Waals surface area (Å²) >= 11 is 0. The maximum atomic E-state index is 11.4. The van der Waals surface area contributed by atoms with Crippen LogP contribution in [0.5, 0.6) is 0 Å². The van der Waals surface area contributed by atoms with Crippen molar-refractivity contribution in [3.8, 4) is 0 Å². The monoisotopic (exact) mass is 194 g/mol. The van der Waals surface area contributed by atoms with Crippen molar-refractivity contribution in [3.63, 3.8) is 0 Å². The number of Topliss-reactive ketones (excluding diaryl/α,β-unsaturated/α-hetero) is 2. The van der Waals surface area contributed by atoms with Gasteiger partial charge in [0, 0.05) is 19.3 Å². The van der Waals surface area contributed by atoms with Crippen molar-refractivity contribution in [2.75, 3.05) is 0 Å². The highest BCUT2D eigenvalue weighted by Gasteiger charge is 2.06. The lowest BCUT2D eigenvalue weighted by Crippen LogP contribution is -2.04. The highest BCUT2D eigenvalue weighted by atomic mass is 16.1. The van der Waals surface area contributed by atoms with Crippen molar-refractivity contribution < 1.29 is 9.59 Å². The topological polar surface area (TPSA) is 34.1 Å². The van der Waals surface area contributed by atoms with E-state index in [1.165, 1.54) is 0 Å². The number of carbonyl (C=O) groups is 2. The first-order valence-electron chi connectivity index (χ1n) is 4.96. The zero-order valence-electron chi connectivity index (χ0n) is 9.17. The Balaban J connectivity index is 4.02. The lowest BCUT2D eigenvalue weighted by molar-refractivity contribution is -0.122. The van der Waals surface area contributed by atoms with E-state index in [0.717, 1.165) is 0 Å². The smallest absolute Gasteiger partial charge is 0.159 e. The molecule has 0 aromatic heterocycles. The van der Waals surface area contributed by atoms with Crippen LogP contribution in [-0.4, -0.2) is 11.6 Å². The van der Waals surface area contributed by atoms with Crippen LogP contribution in [-0.2, 0) is 9.59 Å². The molecule has 0 amide bonds. The average Bonchev–Trinajstić information content (AvgIpc) is 2.21. The first kappa shape index (κ1) is 12.8. The Bertz CT molecular complexity index is 259. The summed E-state index contributed by atoms with van der Waals surface area (Å²) < 4.78 is 0. The molecule has 0 saturated carbocycles. The van der Waals surface area contributed by atoms with E-state index in [1.807, 2.05) is 26.0 Å². The number of allylic oxidation sites excluding steroid dienone is 4. The van der Waals surface area contributed by atoms with Crippen LogP contribution in [0.25, 0.3) is 0 Å². The molecule has 0 aliphatic rings. The van der Waals surface area contributed by atoms with Crippen molar-refractivity contribution in [2.45, 2.75) is 40.0 Å². The fourth-order valence-electron chi connectivity index (χ4n) is 0.960. The van der Waals surface area contributed by atoms with Crippen LogP contribution in [0.4, 0.5) is 0 Å². The highest BCUT2D eigenvalue weighted by molar-refractivity contribution is 5.97. The molecule has 0 spiro atoms. The third-order valence-corrected chi connectivity index (χ3v) is 2.00. The van der Waals surface area contributed by atoms with Crippen LogP contribution in [0.1, 0.15) is 40.0 Å². The summed E-state index contributed by atoms with van der Waals surface area (Å²) in [5.74, 6) is 0.210. The summed E-state index contributed by atoms with van der Waals surface area (Å²) in [6.07, 6.45) is 6.70. The second kappa shape index (κ2) is 7.25. The Morgan fingerprint density at radius 1 is 1.21 bits per heavy atom. The van der Waals surface area contributed by atoms with Gasteiger partial charge in [0.25, 0.3) is 0 Å². The minimum Gasteiger partial charge on any atom is -0.300 e. The van der Waals surface area contributed by atoms with Crippen LogP contribution >= 0.6 is 0 Å². The van der Waals surface area contributed by atoms with E-state index in [2.05, 4.69) is 0 Å². The van der Waals surface area contributed by atoms with Crippen molar-refractivity contribution in [3.05, 3.63) is 23.8 Å². The molecule has 2 nitrogen and oxygen atoms in total. The molecule has 0 aliphatic carbocycles. The van der Waals surface area contributed by atoms with E-state index in [0.29, 0.717) is 24.8 Å². The zero-order valence-corrected chi connectivity index (χ0v) is 9.17. The normalized spacial score (nSPS) is 12.1. The molecule has 0 N–H and O–H groups in total. The van der Waals surface area contributed by atoms with Gasteiger partial charge in [0.15, 0.2) is 5.78 Å². The number of ketones is 2. The molecule has 0 aromatic carbocycles. The molecule has 14 heavy (non-hydrogen) atoms. The standard InChI is InChI=1S/C12H18O2/c1-4-6-7-10(3)12(14)9-8-11(13)5-2/h4,6-7H,5,8-9H2,1-3H3. The molecule has 0 unspecified atom stereocenters. The van der Waals surface area contributed by atoms with Crippen LogP contribution in [0.2, 0.25) is 0 Å². The van der Waals surface area contributed by atoms with Gasteiger partial charge in [0.2, 0.25) is 0 Å². The summed E-state index contributed by atoms with van der Waals surface area (Å²) in [6, 6.07) is 0. The van der Waals surface area contributed by atoms with Crippen LogP contribution in [0.15, 0.2) is 23.8 Å². The summed E-state index contributed by atoms with van der Waals surface area (Å²) in [6.45, 7) is 5.49. The minimum atomic E-state index is 0.0601. The molecular weight excluding hydrogens is 176 g/mol. The van der Waals surface area contributed by atoms with E-state index in [4.69, 9.17) is 0 Å². The largest absolute Gasteiger partial charge is 0.300 e. The first-order chi connectivity index (χ1) is 6.61. The lowest BCUT2D eigenvalue weighted by Gasteiger charge is -1.98. The van der Waals surface area contributed by atoms with Crippen molar-refractivity contribution in [1.82, 2.24) is 0 Å². The van der Waals surface area contributed by atoms with E-state index >= 15 is 0 Å².